The Balaban J connectivity index is 1.89. The van der Waals surface area contributed by atoms with Crippen LogP contribution in [0.15, 0.2) is 54.6 Å². The lowest BCUT2D eigenvalue weighted by atomic mass is 9.93. The number of nitrogens with two attached hydrogens (primary N) is 3. The number of ether oxygens (including phenoxy) is 2. The van der Waals surface area contributed by atoms with Crippen LogP contribution in [0.4, 0.5) is 0 Å². The average Bonchev–Trinajstić information content (AvgIpc) is 3.19. The van der Waals surface area contributed by atoms with Crippen molar-refractivity contribution in [2.24, 2.45) is 17.2 Å². The van der Waals surface area contributed by atoms with E-state index in [0.717, 1.165) is 11.1 Å². The SMILES string of the molecule is Cc1ccc(C(=O)N[C@@H](CCCN)C(=O)N(C)[C@@H]2C(=O)N[C@@H](C)C(=O)N[C@H](C(=O)NCC#N)Cc3ccc(OCCN)c(c3)-c3cc2ccc3OCCN)c(C)c1. The minimum Gasteiger partial charge on any atom is -0.492 e. The molecule has 0 fully saturated rings. The topological polar surface area (TPSA) is 257 Å². The van der Waals surface area contributed by atoms with Gasteiger partial charge < -0.3 is 52.8 Å². The zero-order valence-electron chi connectivity index (χ0n) is 32.9. The lowest BCUT2D eigenvalue weighted by molar-refractivity contribution is -0.141. The second-order valence-corrected chi connectivity index (χ2v) is 13.9. The Hall–Kier alpha value is -6.02. The second-order valence-electron chi connectivity index (χ2n) is 13.9. The standard InChI is InChI=1S/C41H53N9O7/c1-24-7-10-29(25(2)20-24)38(52)48-32(6-5-13-42)41(55)50(4)36-28-9-12-35(57-19-16-45)31(23-28)30-21-27(8-11-34(30)56-18-15-44)22-33(39(53)46-17-14-43)49-37(51)26(3)47-40(36)54/h7-12,20-21,23,26,32-33,36H,5-6,13,15-19,22,42,44-45H2,1-4H3,(H,46,53)(H,47,54)(H,48,52)(H,49,51)/t26-,32-,33-,36-/m0/s1. The van der Waals surface area contributed by atoms with Gasteiger partial charge in [-0.2, -0.15) is 5.26 Å². The van der Waals surface area contributed by atoms with E-state index in [2.05, 4.69) is 21.3 Å². The van der Waals surface area contributed by atoms with Crippen LogP contribution in [0.2, 0.25) is 0 Å². The third kappa shape index (κ3) is 11.3. The number of benzene rings is 3. The van der Waals surface area contributed by atoms with Crippen molar-refractivity contribution in [3.63, 3.8) is 0 Å². The fraction of sp³-hybridized carbons (Fsp3) is 0.415. The van der Waals surface area contributed by atoms with Gasteiger partial charge in [0.25, 0.3) is 5.91 Å². The molecule has 4 bridgehead atoms. The summed E-state index contributed by atoms with van der Waals surface area (Å²) in [6, 6.07) is 12.7. The highest BCUT2D eigenvalue weighted by atomic mass is 16.5. The molecule has 4 atom stereocenters. The first-order chi connectivity index (χ1) is 27.3. The van der Waals surface area contributed by atoms with Crippen LogP contribution in [0.3, 0.4) is 0 Å². The molecule has 0 aliphatic carbocycles. The van der Waals surface area contributed by atoms with Crippen LogP contribution in [0.25, 0.3) is 11.1 Å². The molecule has 0 spiro atoms. The van der Waals surface area contributed by atoms with Crippen molar-refractivity contribution in [3.05, 3.63) is 82.4 Å². The Kier molecular flexibility index (Phi) is 15.9. The number of amides is 5. The van der Waals surface area contributed by atoms with E-state index in [1.807, 2.05) is 32.0 Å². The van der Waals surface area contributed by atoms with E-state index in [9.17, 15) is 24.0 Å². The quantitative estimate of drug-likeness (QED) is 0.106. The van der Waals surface area contributed by atoms with Gasteiger partial charge in [0.15, 0.2) is 0 Å². The Morgan fingerprint density at radius 3 is 2.21 bits per heavy atom. The minimum atomic E-state index is -1.34. The molecular weight excluding hydrogens is 731 g/mol. The highest BCUT2D eigenvalue weighted by Crippen LogP contribution is 2.40. The molecule has 0 radical (unpaired) electrons. The summed E-state index contributed by atoms with van der Waals surface area (Å²) in [6.45, 7) is 5.87. The molecule has 0 aromatic heterocycles. The highest BCUT2D eigenvalue weighted by Gasteiger charge is 2.36. The molecule has 3 aromatic carbocycles. The van der Waals surface area contributed by atoms with Crippen molar-refractivity contribution in [2.45, 2.75) is 64.2 Å². The smallest absolute Gasteiger partial charge is 0.252 e. The van der Waals surface area contributed by atoms with Crippen LogP contribution in [-0.2, 0) is 25.6 Å². The number of nitriles is 1. The van der Waals surface area contributed by atoms with Crippen LogP contribution in [0, 0.1) is 25.2 Å². The molecule has 3 aromatic rings. The van der Waals surface area contributed by atoms with Gasteiger partial charge in [0.05, 0.1) is 6.07 Å². The van der Waals surface area contributed by atoms with Crippen LogP contribution in [0.5, 0.6) is 11.5 Å². The zero-order chi connectivity index (χ0) is 41.6. The first kappa shape index (κ1) is 43.7. The van der Waals surface area contributed by atoms with Crippen LogP contribution < -0.4 is 47.9 Å². The summed E-state index contributed by atoms with van der Waals surface area (Å²) in [5.74, 6) is -2.23. The molecule has 4 rings (SSSR count). The summed E-state index contributed by atoms with van der Waals surface area (Å²) in [5.41, 5.74) is 21.5. The van der Waals surface area contributed by atoms with Gasteiger partial charge in [-0.1, -0.05) is 29.8 Å². The van der Waals surface area contributed by atoms with Gasteiger partial charge in [0.1, 0.15) is 55.4 Å². The van der Waals surface area contributed by atoms with Crippen molar-refractivity contribution >= 4 is 29.5 Å². The molecular formula is C41H53N9O7. The number of carbonyl (C=O) groups is 5. The minimum absolute atomic E-state index is 0.0183. The van der Waals surface area contributed by atoms with Crippen molar-refractivity contribution in [3.8, 4) is 28.7 Å². The van der Waals surface area contributed by atoms with E-state index < -0.39 is 53.7 Å². The third-order valence-electron chi connectivity index (χ3n) is 9.48. The molecule has 1 heterocycles. The number of likely N-dealkylation sites (N-methyl/N-ethyl adjacent to an activating group) is 1. The van der Waals surface area contributed by atoms with Gasteiger partial charge in [-0.15, -0.1) is 0 Å². The second kappa shape index (κ2) is 20.8. The number of rotatable bonds is 15. The maximum atomic E-state index is 14.5. The number of nitrogens with zero attached hydrogens (tertiary/aromatic N) is 2. The van der Waals surface area contributed by atoms with E-state index >= 15 is 0 Å². The lowest BCUT2D eigenvalue weighted by Crippen LogP contribution is -2.56. The first-order valence-electron chi connectivity index (χ1n) is 18.9. The van der Waals surface area contributed by atoms with Gasteiger partial charge in [-0.3, -0.25) is 24.0 Å². The van der Waals surface area contributed by atoms with Crippen molar-refractivity contribution < 1.29 is 33.4 Å². The molecule has 0 unspecified atom stereocenters. The summed E-state index contributed by atoms with van der Waals surface area (Å²) in [4.78, 5) is 70.7. The van der Waals surface area contributed by atoms with E-state index in [0.29, 0.717) is 45.7 Å². The molecule has 16 heteroatoms. The average molecular weight is 784 g/mol. The van der Waals surface area contributed by atoms with Gasteiger partial charge in [-0.25, -0.2) is 0 Å². The fourth-order valence-corrected chi connectivity index (χ4v) is 6.59. The largest absolute Gasteiger partial charge is 0.492 e. The number of nitrogens with one attached hydrogen (secondary N) is 4. The summed E-state index contributed by atoms with van der Waals surface area (Å²) < 4.78 is 12.1. The van der Waals surface area contributed by atoms with Crippen LogP contribution in [0.1, 0.15) is 58.4 Å². The van der Waals surface area contributed by atoms with Crippen LogP contribution in [-0.4, -0.2) is 99.0 Å². The third-order valence-corrected chi connectivity index (χ3v) is 9.48. The van der Waals surface area contributed by atoms with Crippen molar-refractivity contribution in [1.82, 2.24) is 26.2 Å². The summed E-state index contributed by atoms with van der Waals surface area (Å²) in [7, 11) is 1.45. The lowest BCUT2D eigenvalue weighted by Gasteiger charge is -2.33. The molecule has 1 aliphatic rings. The molecule has 57 heavy (non-hydrogen) atoms. The maximum Gasteiger partial charge on any atom is 0.252 e. The van der Waals surface area contributed by atoms with Gasteiger partial charge in [0, 0.05) is 43.2 Å². The fourth-order valence-electron chi connectivity index (χ4n) is 6.59. The molecule has 10 N–H and O–H groups in total. The zero-order valence-corrected chi connectivity index (χ0v) is 32.9. The van der Waals surface area contributed by atoms with Crippen molar-refractivity contribution in [1.29, 1.82) is 5.26 Å². The summed E-state index contributed by atoms with van der Waals surface area (Å²) in [6.07, 6.45) is 0.600. The van der Waals surface area contributed by atoms with E-state index in [1.165, 1.54) is 18.9 Å². The predicted octanol–water partition coefficient (Wildman–Crippen LogP) is 0.868. The summed E-state index contributed by atoms with van der Waals surface area (Å²) in [5, 5.41) is 19.9. The number of hydrogen-bond donors (Lipinski definition) is 7. The predicted molar refractivity (Wildman–Crippen MR) is 214 cm³/mol. The molecule has 16 nitrogen and oxygen atoms in total. The Bertz CT molecular complexity index is 1980. The normalized spacial score (nSPS) is 17.1. The molecule has 1 aliphatic heterocycles. The van der Waals surface area contributed by atoms with Crippen molar-refractivity contribution in [2.75, 3.05) is 46.4 Å². The Morgan fingerprint density at radius 1 is 0.912 bits per heavy atom. The van der Waals surface area contributed by atoms with E-state index in [1.54, 1.807) is 42.5 Å². The summed E-state index contributed by atoms with van der Waals surface area (Å²) >= 11 is 0. The molecule has 0 saturated carbocycles. The number of hydrogen-bond acceptors (Lipinski definition) is 11. The Labute approximate surface area is 332 Å². The highest BCUT2D eigenvalue weighted by molar-refractivity contribution is 6.00. The maximum absolute atomic E-state index is 14.5. The van der Waals surface area contributed by atoms with Gasteiger partial charge in [-0.05, 0) is 87.2 Å². The first-order valence-corrected chi connectivity index (χ1v) is 18.9. The molecule has 0 saturated heterocycles. The van der Waals surface area contributed by atoms with Gasteiger partial charge in [0.2, 0.25) is 23.6 Å². The van der Waals surface area contributed by atoms with Crippen LogP contribution >= 0.6 is 0 Å². The monoisotopic (exact) mass is 783 g/mol. The number of carbonyl (C=O) groups excluding carboxylic acids is 5. The number of fused-ring (bicyclic) bond motifs is 5. The Morgan fingerprint density at radius 2 is 1.58 bits per heavy atom. The van der Waals surface area contributed by atoms with Gasteiger partial charge >= 0.3 is 0 Å². The van der Waals surface area contributed by atoms with E-state index in [-0.39, 0.29) is 52.2 Å². The number of aryl methyl sites for hydroxylation is 2. The molecule has 304 valence electrons. The molecule has 5 amide bonds. The van der Waals surface area contributed by atoms with E-state index in [4.69, 9.17) is 31.9 Å².